The summed E-state index contributed by atoms with van der Waals surface area (Å²) < 4.78 is 0. The van der Waals surface area contributed by atoms with Gasteiger partial charge in [-0.3, -0.25) is 0 Å². The van der Waals surface area contributed by atoms with Crippen LogP contribution in [0.1, 0.15) is 17.0 Å². The summed E-state index contributed by atoms with van der Waals surface area (Å²) in [5.74, 6) is -0.129. The first-order valence-electron chi connectivity index (χ1n) is 4.13. The van der Waals surface area contributed by atoms with Crippen molar-refractivity contribution in [3.8, 4) is 6.07 Å². The third-order valence-electron chi connectivity index (χ3n) is 2.03. The Morgan fingerprint density at radius 1 is 1.46 bits per heavy atom. The Labute approximate surface area is 77.4 Å². The molecule has 68 valence electrons. The van der Waals surface area contributed by atoms with E-state index in [2.05, 4.69) is 6.07 Å². The Bertz CT molecular complexity index is 313. The lowest BCUT2D eigenvalue weighted by atomic mass is 9.95. The maximum absolute atomic E-state index is 9.01. The summed E-state index contributed by atoms with van der Waals surface area (Å²) in [7, 11) is 0. The zero-order chi connectivity index (χ0) is 9.68. The molecule has 13 heavy (non-hydrogen) atoms. The second-order valence-electron chi connectivity index (χ2n) is 2.81. The van der Waals surface area contributed by atoms with Crippen LogP contribution in [0.25, 0.3) is 0 Å². The molecule has 0 spiro atoms. The van der Waals surface area contributed by atoms with Gasteiger partial charge in [-0.2, -0.15) is 5.26 Å². The van der Waals surface area contributed by atoms with Gasteiger partial charge in [0.2, 0.25) is 0 Å². The van der Waals surface area contributed by atoms with Gasteiger partial charge >= 0.3 is 0 Å². The first-order chi connectivity index (χ1) is 6.33. The lowest BCUT2D eigenvalue weighted by Crippen LogP contribution is -2.17. The molecule has 3 nitrogen and oxygen atoms in total. The molecule has 0 fully saturated rings. The van der Waals surface area contributed by atoms with E-state index in [1.165, 1.54) is 0 Å². The highest BCUT2D eigenvalue weighted by Crippen LogP contribution is 2.17. The summed E-state index contributed by atoms with van der Waals surface area (Å²) in [5, 5.41) is 17.8. The number of benzene rings is 1. The highest BCUT2D eigenvalue weighted by molar-refractivity contribution is 5.39. The maximum Gasteiger partial charge on any atom is 0.0994 e. The van der Waals surface area contributed by atoms with Gasteiger partial charge in [-0.25, -0.2) is 0 Å². The molecule has 1 unspecified atom stereocenters. The normalized spacial score (nSPS) is 12.1. The Balaban J connectivity index is 3.05. The van der Waals surface area contributed by atoms with Gasteiger partial charge in [0.1, 0.15) is 0 Å². The zero-order valence-corrected chi connectivity index (χ0v) is 7.27. The van der Waals surface area contributed by atoms with Crippen molar-refractivity contribution >= 4 is 0 Å². The molecular weight excluding hydrogens is 164 g/mol. The molecule has 1 atom stereocenters. The number of nitrogens with zero attached hydrogens (tertiary/aromatic N) is 1. The van der Waals surface area contributed by atoms with Gasteiger partial charge in [-0.05, 0) is 11.6 Å². The van der Waals surface area contributed by atoms with E-state index in [0.29, 0.717) is 12.1 Å². The van der Waals surface area contributed by atoms with Crippen LogP contribution >= 0.6 is 0 Å². The van der Waals surface area contributed by atoms with E-state index >= 15 is 0 Å². The molecule has 0 heterocycles. The van der Waals surface area contributed by atoms with Crippen LogP contribution in [-0.2, 0) is 0 Å². The standard InChI is InChI=1S/C10H12N2O/c11-5-8-3-1-2-4-10(8)9(6-12)7-13/h1-4,9,13H,6-7,12H2. The number of rotatable bonds is 3. The molecular formula is C10H12N2O. The van der Waals surface area contributed by atoms with E-state index in [1.807, 2.05) is 12.1 Å². The highest BCUT2D eigenvalue weighted by Gasteiger charge is 2.11. The first-order valence-corrected chi connectivity index (χ1v) is 4.13. The van der Waals surface area contributed by atoms with E-state index in [0.717, 1.165) is 5.56 Å². The Hall–Kier alpha value is -1.37. The molecule has 0 aliphatic rings. The second-order valence-corrected chi connectivity index (χ2v) is 2.81. The van der Waals surface area contributed by atoms with E-state index in [1.54, 1.807) is 12.1 Å². The minimum absolute atomic E-state index is 0.0187. The van der Waals surface area contributed by atoms with Gasteiger partial charge in [0.25, 0.3) is 0 Å². The topological polar surface area (TPSA) is 70.0 Å². The fourth-order valence-electron chi connectivity index (χ4n) is 1.25. The van der Waals surface area contributed by atoms with Crippen LogP contribution in [0.2, 0.25) is 0 Å². The molecule has 0 saturated carbocycles. The van der Waals surface area contributed by atoms with Crippen LogP contribution in [0, 0.1) is 11.3 Å². The van der Waals surface area contributed by atoms with Crippen molar-refractivity contribution < 1.29 is 5.11 Å². The van der Waals surface area contributed by atoms with Crippen molar-refractivity contribution in [2.45, 2.75) is 5.92 Å². The Morgan fingerprint density at radius 3 is 2.69 bits per heavy atom. The highest BCUT2D eigenvalue weighted by atomic mass is 16.3. The number of aliphatic hydroxyl groups is 1. The lowest BCUT2D eigenvalue weighted by molar-refractivity contribution is 0.267. The average Bonchev–Trinajstić information content (AvgIpc) is 2.20. The van der Waals surface area contributed by atoms with Crippen molar-refractivity contribution in [2.24, 2.45) is 5.73 Å². The zero-order valence-electron chi connectivity index (χ0n) is 7.27. The predicted molar refractivity (Wildman–Crippen MR) is 50.0 cm³/mol. The molecule has 3 heteroatoms. The number of hydrogen-bond donors (Lipinski definition) is 2. The largest absolute Gasteiger partial charge is 0.396 e. The van der Waals surface area contributed by atoms with E-state index in [9.17, 15) is 0 Å². The Kier molecular flexibility index (Phi) is 3.44. The molecule has 1 rings (SSSR count). The van der Waals surface area contributed by atoms with Crippen LogP contribution in [0.5, 0.6) is 0 Å². The Morgan fingerprint density at radius 2 is 2.15 bits per heavy atom. The van der Waals surface area contributed by atoms with Crippen LogP contribution in [0.3, 0.4) is 0 Å². The molecule has 0 saturated heterocycles. The minimum Gasteiger partial charge on any atom is -0.396 e. The SMILES string of the molecule is N#Cc1ccccc1C(CN)CO. The second kappa shape index (κ2) is 4.61. The molecule has 0 bridgehead atoms. The van der Waals surface area contributed by atoms with Crippen LogP contribution in [0.4, 0.5) is 0 Å². The van der Waals surface area contributed by atoms with Gasteiger partial charge in [0.15, 0.2) is 0 Å². The smallest absolute Gasteiger partial charge is 0.0994 e. The van der Waals surface area contributed by atoms with Gasteiger partial charge in [-0.15, -0.1) is 0 Å². The molecule has 0 aliphatic heterocycles. The van der Waals surface area contributed by atoms with E-state index < -0.39 is 0 Å². The maximum atomic E-state index is 9.01. The molecule has 1 aromatic carbocycles. The quantitative estimate of drug-likeness (QED) is 0.708. The summed E-state index contributed by atoms with van der Waals surface area (Å²) in [4.78, 5) is 0. The van der Waals surface area contributed by atoms with Gasteiger partial charge in [-0.1, -0.05) is 18.2 Å². The number of hydrogen-bond acceptors (Lipinski definition) is 3. The number of aliphatic hydroxyl groups excluding tert-OH is 1. The molecule has 0 aromatic heterocycles. The van der Waals surface area contributed by atoms with Gasteiger partial charge in [0, 0.05) is 12.5 Å². The molecule has 0 radical (unpaired) electrons. The lowest BCUT2D eigenvalue weighted by Gasteiger charge is -2.12. The molecule has 3 N–H and O–H groups in total. The van der Waals surface area contributed by atoms with Crippen LogP contribution in [0.15, 0.2) is 24.3 Å². The number of nitrogens with two attached hydrogens (primary N) is 1. The van der Waals surface area contributed by atoms with Crippen molar-refractivity contribution in [3.05, 3.63) is 35.4 Å². The summed E-state index contributed by atoms with van der Waals surface area (Å²) >= 11 is 0. The van der Waals surface area contributed by atoms with Crippen molar-refractivity contribution in [2.75, 3.05) is 13.2 Å². The average molecular weight is 176 g/mol. The third-order valence-corrected chi connectivity index (χ3v) is 2.03. The fourth-order valence-corrected chi connectivity index (χ4v) is 1.25. The predicted octanol–water partition coefficient (Wildman–Crippen LogP) is 0.593. The van der Waals surface area contributed by atoms with Crippen molar-refractivity contribution in [1.29, 1.82) is 5.26 Å². The number of nitriles is 1. The summed E-state index contributed by atoms with van der Waals surface area (Å²) in [6.07, 6.45) is 0. The van der Waals surface area contributed by atoms with Crippen LogP contribution in [-0.4, -0.2) is 18.3 Å². The van der Waals surface area contributed by atoms with Gasteiger partial charge in [0.05, 0.1) is 18.2 Å². The fraction of sp³-hybridized carbons (Fsp3) is 0.300. The molecule has 0 amide bonds. The summed E-state index contributed by atoms with van der Waals surface area (Å²) in [6.45, 7) is 0.338. The van der Waals surface area contributed by atoms with Crippen LogP contribution < -0.4 is 5.73 Å². The first kappa shape index (κ1) is 9.72. The monoisotopic (exact) mass is 176 g/mol. The van der Waals surface area contributed by atoms with Crippen molar-refractivity contribution in [1.82, 2.24) is 0 Å². The summed E-state index contributed by atoms with van der Waals surface area (Å²) in [6, 6.07) is 9.27. The van der Waals surface area contributed by atoms with E-state index in [4.69, 9.17) is 16.1 Å². The molecule has 0 aliphatic carbocycles. The van der Waals surface area contributed by atoms with Gasteiger partial charge < -0.3 is 10.8 Å². The minimum atomic E-state index is -0.129. The summed E-state index contributed by atoms with van der Waals surface area (Å²) in [5.41, 5.74) is 6.89. The third kappa shape index (κ3) is 2.05. The molecule has 1 aromatic rings. The van der Waals surface area contributed by atoms with E-state index in [-0.39, 0.29) is 12.5 Å². The van der Waals surface area contributed by atoms with Crippen molar-refractivity contribution in [3.63, 3.8) is 0 Å².